The zero-order valence-electron chi connectivity index (χ0n) is 9.90. The van der Waals surface area contributed by atoms with E-state index < -0.39 is 10.0 Å². The summed E-state index contributed by atoms with van der Waals surface area (Å²) in [6.07, 6.45) is 2.83. The van der Waals surface area contributed by atoms with Gasteiger partial charge in [-0.2, -0.15) is 0 Å². The molecule has 0 aliphatic carbocycles. The summed E-state index contributed by atoms with van der Waals surface area (Å²) in [5.74, 6) is 0.460. The lowest BCUT2D eigenvalue weighted by molar-refractivity contribution is 0.568. The lowest BCUT2D eigenvalue weighted by atomic mass is 10.6. The molecule has 0 atom stereocenters. The average molecular weight is 271 g/mol. The number of aryl methyl sites for hydroxylation is 2. The maximum Gasteiger partial charge on any atom is 0.260 e. The fraction of sp³-hybridized carbons (Fsp3) is 0.375. The first-order chi connectivity index (χ1) is 8.42. The van der Waals surface area contributed by atoms with Gasteiger partial charge < -0.3 is 14.9 Å². The lowest BCUT2D eigenvalue weighted by Crippen LogP contribution is -2.27. The number of anilines is 1. The predicted octanol–water partition coefficient (Wildman–Crippen LogP) is -1.39. The van der Waals surface area contributed by atoms with E-state index in [0.29, 0.717) is 5.82 Å². The van der Waals surface area contributed by atoms with Crippen molar-refractivity contribution in [3.63, 3.8) is 0 Å². The number of sulfonamides is 1. The summed E-state index contributed by atoms with van der Waals surface area (Å²) in [6.45, 7) is 0.0312. The van der Waals surface area contributed by atoms with Crippen LogP contribution in [0.25, 0.3) is 0 Å². The summed E-state index contributed by atoms with van der Waals surface area (Å²) in [4.78, 5) is 3.73. The molecular formula is C8H13N7O2S. The molecule has 0 saturated heterocycles. The Hall–Kier alpha value is -1.94. The van der Waals surface area contributed by atoms with Gasteiger partial charge >= 0.3 is 0 Å². The summed E-state index contributed by atoms with van der Waals surface area (Å²) in [6, 6.07) is 0. The van der Waals surface area contributed by atoms with Crippen molar-refractivity contribution in [3.05, 3.63) is 18.5 Å². The number of nitrogens with two attached hydrogens (primary N) is 1. The van der Waals surface area contributed by atoms with E-state index in [1.165, 1.54) is 17.2 Å². The highest BCUT2D eigenvalue weighted by molar-refractivity contribution is 7.89. The second-order valence-corrected chi connectivity index (χ2v) is 5.41. The van der Waals surface area contributed by atoms with E-state index in [-0.39, 0.29) is 17.4 Å². The number of aromatic nitrogens is 5. The van der Waals surface area contributed by atoms with E-state index in [0.717, 1.165) is 0 Å². The van der Waals surface area contributed by atoms with Crippen LogP contribution in [0, 0.1) is 0 Å². The molecule has 98 valence electrons. The zero-order chi connectivity index (χ0) is 13.3. The number of hydrogen-bond donors (Lipinski definition) is 2. The fourth-order valence-electron chi connectivity index (χ4n) is 1.46. The Kier molecular flexibility index (Phi) is 3.05. The van der Waals surface area contributed by atoms with Crippen LogP contribution in [0.3, 0.4) is 0 Å². The quantitative estimate of drug-likeness (QED) is 0.706. The van der Waals surface area contributed by atoms with Gasteiger partial charge in [-0.1, -0.05) is 0 Å². The lowest BCUT2D eigenvalue weighted by Gasteiger charge is -2.07. The van der Waals surface area contributed by atoms with Crippen LogP contribution in [0.4, 0.5) is 5.82 Å². The summed E-state index contributed by atoms with van der Waals surface area (Å²) in [5, 5.41) is 7.37. The van der Waals surface area contributed by atoms with Gasteiger partial charge in [-0.3, -0.25) is 0 Å². The van der Waals surface area contributed by atoms with E-state index in [4.69, 9.17) is 5.73 Å². The second-order valence-electron chi connectivity index (χ2n) is 3.73. The van der Waals surface area contributed by atoms with Gasteiger partial charge in [0.25, 0.3) is 10.0 Å². The minimum atomic E-state index is -3.73. The highest BCUT2D eigenvalue weighted by atomic mass is 32.2. The summed E-state index contributed by atoms with van der Waals surface area (Å²) < 4.78 is 29.4. The first-order valence-corrected chi connectivity index (χ1v) is 6.49. The van der Waals surface area contributed by atoms with Crippen molar-refractivity contribution in [1.82, 2.24) is 29.0 Å². The molecule has 0 amide bonds. The Morgan fingerprint density at radius 2 is 2.06 bits per heavy atom. The van der Waals surface area contributed by atoms with Crippen LogP contribution in [0.15, 0.2) is 17.7 Å². The number of rotatable bonds is 4. The zero-order valence-corrected chi connectivity index (χ0v) is 10.7. The van der Waals surface area contributed by atoms with Gasteiger partial charge in [-0.25, -0.2) is 18.1 Å². The highest BCUT2D eigenvalue weighted by Gasteiger charge is 2.22. The van der Waals surface area contributed by atoms with Gasteiger partial charge in [0.05, 0.1) is 12.9 Å². The molecule has 0 unspecified atom stereocenters. The molecule has 0 radical (unpaired) electrons. The van der Waals surface area contributed by atoms with E-state index in [2.05, 4.69) is 19.9 Å². The van der Waals surface area contributed by atoms with Crippen LogP contribution < -0.4 is 10.5 Å². The molecule has 0 saturated carbocycles. The van der Waals surface area contributed by atoms with Gasteiger partial charge in [0, 0.05) is 14.1 Å². The SMILES string of the molecule is Cn1cnnc1CNS(=O)(=O)c1c(N)ncn1C. The van der Waals surface area contributed by atoms with E-state index in [1.807, 2.05) is 0 Å². The molecule has 2 rings (SSSR count). The molecule has 0 aliphatic heterocycles. The molecule has 9 nitrogen and oxygen atoms in total. The molecule has 10 heteroatoms. The molecule has 0 aromatic carbocycles. The Balaban J connectivity index is 2.21. The Morgan fingerprint density at radius 3 is 2.56 bits per heavy atom. The molecule has 2 aromatic heterocycles. The molecule has 0 aliphatic rings. The van der Waals surface area contributed by atoms with Crippen molar-refractivity contribution in [3.8, 4) is 0 Å². The van der Waals surface area contributed by atoms with Gasteiger partial charge in [-0.05, 0) is 0 Å². The average Bonchev–Trinajstić information content (AvgIpc) is 2.83. The minimum Gasteiger partial charge on any atom is -0.381 e. The molecule has 2 aromatic rings. The molecule has 0 bridgehead atoms. The first kappa shape index (κ1) is 12.5. The molecule has 0 fully saturated rings. The van der Waals surface area contributed by atoms with E-state index in [1.54, 1.807) is 18.7 Å². The van der Waals surface area contributed by atoms with Gasteiger partial charge in [0.2, 0.25) is 0 Å². The van der Waals surface area contributed by atoms with Crippen molar-refractivity contribution in [1.29, 1.82) is 0 Å². The highest BCUT2D eigenvalue weighted by Crippen LogP contribution is 2.15. The van der Waals surface area contributed by atoms with E-state index in [9.17, 15) is 8.42 Å². The van der Waals surface area contributed by atoms with Crippen molar-refractivity contribution >= 4 is 15.8 Å². The predicted molar refractivity (Wildman–Crippen MR) is 62.6 cm³/mol. The molecular weight excluding hydrogens is 258 g/mol. The Morgan fingerprint density at radius 1 is 1.33 bits per heavy atom. The standard InChI is InChI=1S/C8H13N7O2S/c1-14-5-11-13-6(14)3-12-18(16,17)8-7(9)10-4-15(8)2/h4-5,12H,3,9H2,1-2H3. The van der Waals surface area contributed by atoms with Crippen molar-refractivity contribution < 1.29 is 8.42 Å². The van der Waals surface area contributed by atoms with Gasteiger partial charge in [0.1, 0.15) is 12.2 Å². The maximum atomic E-state index is 12.0. The van der Waals surface area contributed by atoms with Crippen molar-refractivity contribution in [2.24, 2.45) is 14.1 Å². The number of nitrogens with zero attached hydrogens (tertiary/aromatic N) is 5. The topological polar surface area (TPSA) is 121 Å². The Bertz CT molecular complexity index is 637. The van der Waals surface area contributed by atoms with Crippen LogP contribution in [0.5, 0.6) is 0 Å². The molecule has 18 heavy (non-hydrogen) atoms. The molecule has 2 heterocycles. The number of imidazole rings is 1. The monoisotopic (exact) mass is 271 g/mol. The third-order valence-corrected chi connectivity index (χ3v) is 3.92. The van der Waals surface area contributed by atoms with Gasteiger partial charge in [-0.15, -0.1) is 10.2 Å². The van der Waals surface area contributed by atoms with E-state index >= 15 is 0 Å². The minimum absolute atomic E-state index is 0.0312. The summed E-state index contributed by atoms with van der Waals surface area (Å²) in [5.41, 5.74) is 5.52. The number of hydrogen-bond acceptors (Lipinski definition) is 6. The van der Waals surface area contributed by atoms with Crippen molar-refractivity contribution in [2.45, 2.75) is 11.6 Å². The fourth-order valence-corrected chi connectivity index (χ4v) is 2.67. The third-order valence-electron chi connectivity index (χ3n) is 2.39. The smallest absolute Gasteiger partial charge is 0.260 e. The first-order valence-electron chi connectivity index (χ1n) is 5.01. The molecule has 3 N–H and O–H groups in total. The van der Waals surface area contributed by atoms with Crippen LogP contribution in [0.2, 0.25) is 0 Å². The second kappa shape index (κ2) is 4.38. The number of nitrogen functional groups attached to an aromatic ring is 1. The normalized spacial score (nSPS) is 11.9. The largest absolute Gasteiger partial charge is 0.381 e. The maximum absolute atomic E-state index is 12.0. The Labute approximate surface area is 104 Å². The van der Waals surface area contributed by atoms with Gasteiger partial charge in [0.15, 0.2) is 10.8 Å². The number of nitrogens with one attached hydrogen (secondary N) is 1. The van der Waals surface area contributed by atoms with Crippen LogP contribution in [-0.4, -0.2) is 32.7 Å². The third kappa shape index (κ3) is 2.19. The van der Waals surface area contributed by atoms with Crippen LogP contribution >= 0.6 is 0 Å². The van der Waals surface area contributed by atoms with Crippen LogP contribution in [-0.2, 0) is 30.7 Å². The summed E-state index contributed by atoms with van der Waals surface area (Å²) in [7, 11) is -0.447. The summed E-state index contributed by atoms with van der Waals surface area (Å²) >= 11 is 0. The van der Waals surface area contributed by atoms with Crippen molar-refractivity contribution in [2.75, 3.05) is 5.73 Å². The van der Waals surface area contributed by atoms with Crippen LogP contribution in [0.1, 0.15) is 5.82 Å². The molecule has 0 spiro atoms.